The van der Waals surface area contributed by atoms with Gasteiger partial charge in [0.1, 0.15) is 0 Å². The second-order valence-corrected chi connectivity index (χ2v) is 11.2. The Hall–Kier alpha value is -0.620. The van der Waals surface area contributed by atoms with Gasteiger partial charge in [-0.05, 0) is 76.0 Å². The molecule has 0 aliphatic heterocycles. The molecule has 1 unspecified atom stereocenters. The molecule has 0 amide bonds. The largest absolute Gasteiger partial charge is 0.357 e. The first kappa shape index (κ1) is 15.6. The molecule has 1 aromatic rings. The van der Waals surface area contributed by atoms with E-state index in [-0.39, 0.29) is 10.7 Å². The second kappa shape index (κ2) is 5.70. The van der Waals surface area contributed by atoms with Gasteiger partial charge < -0.3 is 5.32 Å². The predicted octanol–water partition coefficient (Wildman–Crippen LogP) is 4.38. The van der Waals surface area contributed by atoms with Crippen LogP contribution in [0.4, 0.5) is 5.13 Å². The second-order valence-electron chi connectivity index (χ2n) is 8.61. The van der Waals surface area contributed by atoms with Crippen molar-refractivity contribution >= 4 is 34.0 Å². The highest BCUT2D eigenvalue weighted by Gasteiger charge is 2.55. The Bertz CT molecular complexity index is 619. The van der Waals surface area contributed by atoms with E-state index in [1.54, 1.807) is 23.1 Å². The molecule has 4 bridgehead atoms. The molecule has 0 saturated heterocycles. The van der Waals surface area contributed by atoms with Crippen LogP contribution in [-0.4, -0.2) is 27.3 Å². The number of hydrogen-bond donors (Lipinski definition) is 1. The molecular weight excluding hydrogens is 338 g/mol. The normalized spacial score (nSPS) is 38.3. The topological polar surface area (TPSA) is 54.9 Å². The van der Waals surface area contributed by atoms with Crippen molar-refractivity contribution in [3.05, 3.63) is 0 Å². The van der Waals surface area contributed by atoms with Gasteiger partial charge >= 0.3 is 0 Å². The molecule has 1 atom stereocenters. The minimum Gasteiger partial charge on any atom is -0.357 e. The number of Topliss-reactive ketones (excluding diaryl/α,β-unsaturated/α-hetero) is 1. The minimum absolute atomic E-state index is 0.000940. The van der Waals surface area contributed by atoms with Crippen LogP contribution in [0.15, 0.2) is 4.34 Å². The number of nitrogens with one attached hydrogen (secondary N) is 1. The van der Waals surface area contributed by atoms with Gasteiger partial charge in [0.05, 0.1) is 5.25 Å². The number of ketones is 1. The van der Waals surface area contributed by atoms with Crippen molar-refractivity contribution in [2.45, 2.75) is 73.9 Å². The third-order valence-electron chi connectivity index (χ3n) is 6.52. The molecule has 1 heterocycles. The Labute approximate surface area is 151 Å². The molecular formula is C18H25N3OS2. The highest BCUT2D eigenvalue weighted by molar-refractivity contribution is 8.02. The molecule has 5 saturated carbocycles. The van der Waals surface area contributed by atoms with E-state index in [1.165, 1.54) is 32.1 Å². The smallest absolute Gasteiger partial charge is 0.206 e. The van der Waals surface area contributed by atoms with E-state index >= 15 is 0 Å². The first-order valence-corrected chi connectivity index (χ1v) is 11.1. The van der Waals surface area contributed by atoms with Crippen molar-refractivity contribution < 1.29 is 4.79 Å². The van der Waals surface area contributed by atoms with Crippen LogP contribution in [0.5, 0.6) is 0 Å². The van der Waals surface area contributed by atoms with E-state index in [4.69, 9.17) is 0 Å². The van der Waals surface area contributed by atoms with Crippen LogP contribution >= 0.6 is 23.1 Å². The lowest BCUT2D eigenvalue weighted by Crippen LogP contribution is -2.51. The van der Waals surface area contributed by atoms with Crippen molar-refractivity contribution in [3.8, 4) is 0 Å². The maximum atomic E-state index is 13.3. The van der Waals surface area contributed by atoms with Gasteiger partial charge in [-0.25, -0.2) is 0 Å². The van der Waals surface area contributed by atoms with Gasteiger partial charge in [0, 0.05) is 11.5 Å². The Kier molecular flexibility index (Phi) is 3.71. The Balaban J connectivity index is 1.27. The van der Waals surface area contributed by atoms with Gasteiger partial charge in [-0.15, -0.1) is 10.2 Å². The number of hydrogen-bond acceptors (Lipinski definition) is 6. The van der Waals surface area contributed by atoms with E-state index in [0.29, 0.717) is 11.8 Å². The van der Waals surface area contributed by atoms with Gasteiger partial charge in [-0.1, -0.05) is 23.1 Å². The lowest BCUT2D eigenvalue weighted by atomic mass is 9.48. The van der Waals surface area contributed by atoms with Gasteiger partial charge in [-0.2, -0.15) is 0 Å². The third-order valence-corrected chi connectivity index (χ3v) is 8.56. The summed E-state index contributed by atoms with van der Waals surface area (Å²) in [5.41, 5.74) is 0.000940. The molecule has 0 aromatic carbocycles. The molecule has 0 radical (unpaired) electrons. The van der Waals surface area contributed by atoms with E-state index in [9.17, 15) is 4.79 Å². The summed E-state index contributed by atoms with van der Waals surface area (Å²) in [6.45, 7) is 2.08. The monoisotopic (exact) mass is 363 g/mol. The van der Waals surface area contributed by atoms with Gasteiger partial charge in [0.2, 0.25) is 5.13 Å². The number of carbonyl (C=O) groups excluding carboxylic acids is 1. The molecule has 5 aliphatic carbocycles. The van der Waals surface area contributed by atoms with Crippen molar-refractivity contribution in [2.75, 3.05) is 5.32 Å². The van der Waals surface area contributed by atoms with E-state index < -0.39 is 0 Å². The Morgan fingerprint density at radius 1 is 1.17 bits per heavy atom. The zero-order valence-electron chi connectivity index (χ0n) is 14.2. The quantitative estimate of drug-likeness (QED) is 0.760. The Morgan fingerprint density at radius 2 is 1.79 bits per heavy atom. The lowest BCUT2D eigenvalue weighted by Gasteiger charge is -2.56. The maximum Gasteiger partial charge on any atom is 0.206 e. The van der Waals surface area contributed by atoms with Crippen LogP contribution in [0.25, 0.3) is 0 Å². The number of nitrogens with zero attached hydrogens (tertiary/aromatic N) is 2. The number of carbonyl (C=O) groups is 1. The average molecular weight is 364 g/mol. The summed E-state index contributed by atoms with van der Waals surface area (Å²) in [7, 11) is 0. The summed E-state index contributed by atoms with van der Waals surface area (Å²) in [5, 5.41) is 12.8. The summed E-state index contributed by atoms with van der Waals surface area (Å²) >= 11 is 3.23. The maximum absolute atomic E-state index is 13.3. The molecule has 4 nitrogen and oxygen atoms in total. The van der Waals surface area contributed by atoms with Crippen molar-refractivity contribution in [1.82, 2.24) is 10.2 Å². The zero-order chi connectivity index (χ0) is 16.3. The molecule has 6 heteroatoms. The van der Waals surface area contributed by atoms with Crippen LogP contribution in [-0.2, 0) is 4.79 Å². The van der Waals surface area contributed by atoms with E-state index in [0.717, 1.165) is 46.5 Å². The Morgan fingerprint density at radius 3 is 2.38 bits per heavy atom. The summed E-state index contributed by atoms with van der Waals surface area (Å²) < 4.78 is 0.934. The molecule has 5 aliphatic rings. The van der Waals surface area contributed by atoms with Crippen molar-refractivity contribution in [2.24, 2.45) is 23.2 Å². The van der Waals surface area contributed by atoms with Crippen LogP contribution in [0.3, 0.4) is 0 Å². The van der Waals surface area contributed by atoms with Gasteiger partial charge in [0.25, 0.3) is 0 Å². The first-order chi connectivity index (χ1) is 11.6. The average Bonchev–Trinajstić information content (AvgIpc) is 3.23. The molecule has 6 rings (SSSR count). The van der Waals surface area contributed by atoms with Crippen molar-refractivity contribution in [1.29, 1.82) is 0 Å². The summed E-state index contributed by atoms with van der Waals surface area (Å²) in [4.78, 5) is 13.3. The van der Waals surface area contributed by atoms with Crippen molar-refractivity contribution in [3.63, 3.8) is 0 Å². The summed E-state index contributed by atoms with van der Waals surface area (Å²) in [5.74, 6) is 2.98. The van der Waals surface area contributed by atoms with E-state index in [2.05, 4.69) is 22.4 Å². The van der Waals surface area contributed by atoms with E-state index in [1.807, 2.05) is 0 Å². The van der Waals surface area contributed by atoms with Gasteiger partial charge in [0.15, 0.2) is 10.1 Å². The number of aromatic nitrogens is 2. The molecule has 1 N–H and O–H groups in total. The summed E-state index contributed by atoms with van der Waals surface area (Å²) in [6, 6.07) is 0.599. The summed E-state index contributed by atoms with van der Waals surface area (Å²) in [6.07, 6.45) is 10.1. The van der Waals surface area contributed by atoms with Crippen LogP contribution in [0.2, 0.25) is 0 Å². The van der Waals surface area contributed by atoms with Gasteiger partial charge in [-0.3, -0.25) is 4.79 Å². The molecule has 0 spiro atoms. The third kappa shape index (κ3) is 2.79. The highest BCUT2D eigenvalue weighted by atomic mass is 32.2. The predicted molar refractivity (Wildman–Crippen MR) is 97.5 cm³/mol. The number of thioether (sulfide) groups is 1. The van der Waals surface area contributed by atoms with Crippen LogP contribution in [0.1, 0.15) is 58.3 Å². The zero-order valence-corrected chi connectivity index (χ0v) is 15.8. The standard InChI is InChI=1S/C18H25N3OS2/c1-10(23-17-21-20-16(24-17)19-14-2-3-14)15(22)18-7-11-4-12(8-18)6-13(5-11)9-18/h10-14H,2-9H2,1H3,(H,19,20). The minimum atomic E-state index is 0.000940. The molecule has 1 aromatic heterocycles. The fraction of sp³-hybridized carbons (Fsp3) is 0.833. The fourth-order valence-electron chi connectivity index (χ4n) is 5.77. The highest BCUT2D eigenvalue weighted by Crippen LogP contribution is 2.61. The number of rotatable bonds is 6. The SMILES string of the molecule is CC(Sc1nnc(NC2CC2)s1)C(=O)C12CC3CC(CC(C3)C1)C2. The molecule has 5 fully saturated rings. The van der Waals surface area contributed by atoms with Crippen LogP contribution < -0.4 is 5.32 Å². The number of anilines is 1. The lowest BCUT2D eigenvalue weighted by molar-refractivity contribution is -0.142. The first-order valence-electron chi connectivity index (χ1n) is 9.41. The molecule has 130 valence electrons. The fourth-order valence-corrected chi connectivity index (χ4v) is 7.93. The van der Waals surface area contributed by atoms with Crippen LogP contribution in [0, 0.1) is 23.2 Å². The molecule has 24 heavy (non-hydrogen) atoms.